The Kier molecular flexibility index (Phi) is 2.72. The van der Waals surface area contributed by atoms with Crippen LogP contribution in [0.3, 0.4) is 0 Å². The van der Waals surface area contributed by atoms with Crippen molar-refractivity contribution in [3.8, 4) is 5.88 Å². The average Bonchev–Trinajstić information content (AvgIpc) is 2.21. The summed E-state index contributed by atoms with van der Waals surface area (Å²) in [6.45, 7) is 2.02. The second kappa shape index (κ2) is 4.18. The van der Waals surface area contributed by atoms with Crippen molar-refractivity contribution in [2.75, 3.05) is 13.1 Å². The van der Waals surface area contributed by atoms with Gasteiger partial charge in [-0.25, -0.2) is 9.97 Å². The summed E-state index contributed by atoms with van der Waals surface area (Å²) in [4.78, 5) is 7.84. The molecule has 0 spiro atoms. The predicted octanol–water partition coefficient (Wildman–Crippen LogP) is 0.607. The summed E-state index contributed by atoms with van der Waals surface area (Å²) in [5, 5.41) is 3.29. The van der Waals surface area contributed by atoms with Crippen molar-refractivity contribution in [3.63, 3.8) is 0 Å². The quantitative estimate of drug-likeness (QED) is 0.722. The number of nitrogens with one attached hydrogen (secondary N) is 1. The van der Waals surface area contributed by atoms with E-state index >= 15 is 0 Å². The second-order valence-corrected chi connectivity index (χ2v) is 3.13. The van der Waals surface area contributed by atoms with Gasteiger partial charge in [-0.05, 0) is 19.4 Å². The van der Waals surface area contributed by atoms with Gasteiger partial charge in [0.2, 0.25) is 5.88 Å². The zero-order valence-corrected chi connectivity index (χ0v) is 7.44. The first-order valence-electron chi connectivity index (χ1n) is 4.58. The van der Waals surface area contributed by atoms with Gasteiger partial charge in [0.1, 0.15) is 12.4 Å². The van der Waals surface area contributed by atoms with Gasteiger partial charge < -0.3 is 10.1 Å². The molecular weight excluding hydrogens is 166 g/mol. The van der Waals surface area contributed by atoms with Crippen molar-refractivity contribution in [1.82, 2.24) is 15.3 Å². The van der Waals surface area contributed by atoms with E-state index in [0.717, 1.165) is 19.5 Å². The number of hydrogen-bond donors (Lipinski definition) is 1. The fraction of sp³-hybridized carbons (Fsp3) is 0.556. The molecule has 1 fully saturated rings. The fourth-order valence-electron chi connectivity index (χ4n) is 1.44. The minimum atomic E-state index is 0.267. The standard InChI is InChI=1S/C9H13N3O/c1-2-8(6-10-4-1)13-9-3-5-11-7-12-9/h3,5,7-8,10H,1-2,4,6H2. The lowest BCUT2D eigenvalue weighted by Gasteiger charge is -2.22. The Labute approximate surface area is 77.4 Å². The van der Waals surface area contributed by atoms with Gasteiger partial charge >= 0.3 is 0 Å². The van der Waals surface area contributed by atoms with Crippen LogP contribution in [0.2, 0.25) is 0 Å². The molecule has 1 unspecified atom stereocenters. The first-order chi connectivity index (χ1) is 6.45. The van der Waals surface area contributed by atoms with E-state index in [1.54, 1.807) is 12.3 Å². The summed E-state index contributed by atoms with van der Waals surface area (Å²) in [6, 6.07) is 1.79. The molecule has 0 aromatic carbocycles. The van der Waals surface area contributed by atoms with Crippen LogP contribution in [0.25, 0.3) is 0 Å². The topological polar surface area (TPSA) is 47.0 Å². The molecule has 0 radical (unpaired) electrons. The molecule has 0 saturated carbocycles. The smallest absolute Gasteiger partial charge is 0.216 e. The van der Waals surface area contributed by atoms with Crippen molar-refractivity contribution in [2.45, 2.75) is 18.9 Å². The molecule has 2 heterocycles. The Bertz CT molecular complexity index is 246. The lowest BCUT2D eigenvalue weighted by molar-refractivity contribution is 0.160. The van der Waals surface area contributed by atoms with Gasteiger partial charge in [0.05, 0.1) is 0 Å². The first kappa shape index (κ1) is 8.44. The van der Waals surface area contributed by atoms with Crippen molar-refractivity contribution in [1.29, 1.82) is 0 Å². The second-order valence-electron chi connectivity index (χ2n) is 3.13. The van der Waals surface area contributed by atoms with Crippen molar-refractivity contribution < 1.29 is 4.74 Å². The normalized spacial score (nSPS) is 22.6. The first-order valence-corrected chi connectivity index (χ1v) is 4.58. The van der Waals surface area contributed by atoms with Crippen LogP contribution in [0.15, 0.2) is 18.6 Å². The summed E-state index contributed by atoms with van der Waals surface area (Å²) in [5.74, 6) is 0.670. The van der Waals surface area contributed by atoms with E-state index in [2.05, 4.69) is 15.3 Å². The average molecular weight is 179 g/mol. The van der Waals surface area contributed by atoms with Gasteiger partial charge in [0.25, 0.3) is 0 Å². The number of hydrogen-bond acceptors (Lipinski definition) is 4. The van der Waals surface area contributed by atoms with E-state index < -0.39 is 0 Å². The molecule has 0 amide bonds. The Morgan fingerprint density at radius 2 is 2.54 bits per heavy atom. The largest absolute Gasteiger partial charge is 0.473 e. The van der Waals surface area contributed by atoms with Gasteiger partial charge in [-0.3, -0.25) is 0 Å². The van der Waals surface area contributed by atoms with E-state index in [1.165, 1.54) is 12.7 Å². The van der Waals surface area contributed by atoms with Crippen molar-refractivity contribution >= 4 is 0 Å². The lowest BCUT2D eigenvalue weighted by Crippen LogP contribution is -2.37. The van der Waals surface area contributed by atoms with Gasteiger partial charge in [-0.15, -0.1) is 0 Å². The number of nitrogens with zero attached hydrogens (tertiary/aromatic N) is 2. The molecule has 1 aromatic heterocycles. The zero-order valence-electron chi connectivity index (χ0n) is 7.44. The van der Waals surface area contributed by atoms with E-state index in [9.17, 15) is 0 Å². The van der Waals surface area contributed by atoms with Crippen LogP contribution in [-0.2, 0) is 0 Å². The molecule has 1 saturated heterocycles. The van der Waals surface area contributed by atoms with Crippen LogP contribution in [0.5, 0.6) is 5.88 Å². The minimum absolute atomic E-state index is 0.267. The van der Waals surface area contributed by atoms with Crippen LogP contribution in [0.4, 0.5) is 0 Å². The highest BCUT2D eigenvalue weighted by atomic mass is 16.5. The molecule has 4 nitrogen and oxygen atoms in total. The maximum absolute atomic E-state index is 5.64. The van der Waals surface area contributed by atoms with Crippen molar-refractivity contribution in [3.05, 3.63) is 18.6 Å². The number of aromatic nitrogens is 2. The molecule has 1 aliphatic heterocycles. The van der Waals surface area contributed by atoms with Gasteiger partial charge in [-0.1, -0.05) is 0 Å². The third-order valence-electron chi connectivity index (χ3n) is 2.09. The molecule has 0 aliphatic carbocycles. The molecule has 1 N–H and O–H groups in total. The maximum atomic E-state index is 5.64. The predicted molar refractivity (Wildman–Crippen MR) is 48.6 cm³/mol. The molecular formula is C9H13N3O. The minimum Gasteiger partial charge on any atom is -0.473 e. The third kappa shape index (κ3) is 2.39. The number of rotatable bonds is 2. The molecule has 70 valence electrons. The fourth-order valence-corrected chi connectivity index (χ4v) is 1.44. The summed E-state index contributed by atoms with van der Waals surface area (Å²) in [6.07, 6.45) is 5.75. The van der Waals surface area contributed by atoms with Gasteiger partial charge in [0.15, 0.2) is 0 Å². The molecule has 1 aromatic rings. The monoisotopic (exact) mass is 179 g/mol. The Morgan fingerprint density at radius 3 is 3.23 bits per heavy atom. The van der Waals surface area contributed by atoms with Crippen molar-refractivity contribution in [2.24, 2.45) is 0 Å². The van der Waals surface area contributed by atoms with Crippen LogP contribution >= 0.6 is 0 Å². The zero-order chi connectivity index (χ0) is 8.93. The highest BCUT2D eigenvalue weighted by molar-refractivity contribution is 5.05. The summed E-state index contributed by atoms with van der Waals surface area (Å²) in [5.41, 5.74) is 0. The SMILES string of the molecule is c1cc(OC2CCCNC2)ncn1. The van der Waals surface area contributed by atoms with E-state index in [0.29, 0.717) is 5.88 Å². The Morgan fingerprint density at radius 1 is 1.54 bits per heavy atom. The lowest BCUT2D eigenvalue weighted by atomic mass is 10.1. The number of ether oxygens (including phenoxy) is 1. The molecule has 13 heavy (non-hydrogen) atoms. The summed E-state index contributed by atoms with van der Waals surface area (Å²) >= 11 is 0. The Hall–Kier alpha value is -1.16. The third-order valence-corrected chi connectivity index (χ3v) is 2.09. The summed E-state index contributed by atoms with van der Waals surface area (Å²) < 4.78 is 5.64. The van der Waals surface area contributed by atoms with E-state index in [-0.39, 0.29) is 6.10 Å². The van der Waals surface area contributed by atoms with Crippen LogP contribution in [0.1, 0.15) is 12.8 Å². The highest BCUT2D eigenvalue weighted by Gasteiger charge is 2.14. The van der Waals surface area contributed by atoms with Crippen LogP contribution in [-0.4, -0.2) is 29.2 Å². The number of piperidine rings is 1. The summed E-state index contributed by atoms with van der Waals surface area (Å²) in [7, 11) is 0. The van der Waals surface area contributed by atoms with E-state index in [1.807, 2.05) is 0 Å². The van der Waals surface area contributed by atoms with Gasteiger partial charge in [0, 0.05) is 18.8 Å². The molecule has 1 atom stereocenters. The molecule has 1 aliphatic rings. The van der Waals surface area contributed by atoms with Gasteiger partial charge in [-0.2, -0.15) is 0 Å². The van der Waals surface area contributed by atoms with E-state index in [4.69, 9.17) is 4.74 Å². The Balaban J connectivity index is 1.90. The molecule has 0 bridgehead atoms. The maximum Gasteiger partial charge on any atom is 0.216 e. The van der Waals surface area contributed by atoms with Crippen LogP contribution < -0.4 is 10.1 Å². The molecule has 2 rings (SSSR count). The highest BCUT2D eigenvalue weighted by Crippen LogP contribution is 2.10. The molecule has 4 heteroatoms. The van der Waals surface area contributed by atoms with Crippen LogP contribution in [0, 0.1) is 0 Å².